The highest BCUT2D eigenvalue weighted by Gasteiger charge is 2.26. The normalized spacial score (nSPS) is 18.0. The summed E-state index contributed by atoms with van der Waals surface area (Å²) in [6.45, 7) is 5.97. The summed E-state index contributed by atoms with van der Waals surface area (Å²) < 4.78 is 23.2. The minimum absolute atomic E-state index is 0. The Morgan fingerprint density at radius 3 is 0.813 bits per heavy atom. The largest absolute Gasteiger partial charge is 0.372 e. The van der Waals surface area contributed by atoms with Gasteiger partial charge < -0.3 is 41.0 Å². The van der Waals surface area contributed by atoms with Gasteiger partial charge in [0.25, 0.3) is 0 Å². The van der Waals surface area contributed by atoms with Crippen LogP contribution in [-0.4, -0.2) is 66.7 Å². The average molecular weight is 1000 g/mol. The third-order valence-electron chi connectivity index (χ3n) is 14.5. The van der Waals surface area contributed by atoms with Crippen molar-refractivity contribution in [3.8, 4) is 44.5 Å². The summed E-state index contributed by atoms with van der Waals surface area (Å²) >= 11 is 0. The number of nitrogens with one attached hydrogen (secondary N) is 2. The van der Waals surface area contributed by atoms with E-state index in [9.17, 15) is 0 Å². The van der Waals surface area contributed by atoms with E-state index in [4.69, 9.17) is 30.4 Å². The van der Waals surface area contributed by atoms with Crippen LogP contribution in [0, 0.1) is 0 Å². The lowest BCUT2D eigenvalue weighted by Gasteiger charge is -2.28. The molecule has 0 saturated heterocycles. The highest BCUT2D eigenvalue weighted by molar-refractivity contribution is 5.72. The molecule has 0 amide bonds. The Kier molecular flexibility index (Phi) is 20.3. The van der Waals surface area contributed by atoms with Gasteiger partial charge in [-0.05, 0) is 129 Å². The molecule has 6 N–H and O–H groups in total. The van der Waals surface area contributed by atoms with E-state index in [0.29, 0.717) is 13.1 Å². The summed E-state index contributed by atoms with van der Waals surface area (Å²) in [5.74, 6) is 0. The maximum Gasteiger partial charge on any atom is 0.0952 e. The van der Waals surface area contributed by atoms with E-state index in [-0.39, 0.29) is 31.8 Å². The summed E-state index contributed by atoms with van der Waals surface area (Å²) in [6, 6.07) is 68.2. The third kappa shape index (κ3) is 13.3. The monoisotopic (exact) mass is 1000 g/mol. The molecule has 12 rings (SSSR count). The molecule has 0 bridgehead atoms. The van der Waals surface area contributed by atoms with Crippen LogP contribution in [0.4, 0.5) is 0 Å². The number of fused-ring (bicyclic) bond motifs is 4. The summed E-state index contributed by atoms with van der Waals surface area (Å²) in [4.78, 5) is 0. The van der Waals surface area contributed by atoms with Gasteiger partial charge in [-0.25, -0.2) is 0 Å². The molecule has 0 saturated carbocycles. The van der Waals surface area contributed by atoms with E-state index in [2.05, 4.69) is 193 Å². The molecule has 4 aliphatic rings. The number of hydrogen-bond donors (Lipinski definition) is 4. The second-order valence-corrected chi connectivity index (χ2v) is 19.0. The summed E-state index contributed by atoms with van der Waals surface area (Å²) in [5.41, 5.74) is 32.9. The summed E-state index contributed by atoms with van der Waals surface area (Å²) in [5, 5.41) is 6.43. The Balaban J connectivity index is 0.000000132. The Bertz CT molecular complexity index is 2790. The number of hydrogen-bond acceptors (Lipinski definition) is 8. The molecule has 4 heterocycles. The van der Waals surface area contributed by atoms with Crippen molar-refractivity contribution in [2.45, 2.75) is 57.5 Å². The van der Waals surface area contributed by atoms with Crippen LogP contribution in [0.25, 0.3) is 44.5 Å². The molecular weight excluding hydrogens is 925 g/mol. The molecule has 0 aliphatic carbocycles. The van der Waals surface area contributed by atoms with E-state index in [1.54, 1.807) is 0 Å². The van der Waals surface area contributed by atoms with Crippen molar-refractivity contribution in [1.29, 1.82) is 0 Å². The van der Waals surface area contributed by atoms with Gasteiger partial charge in [0.15, 0.2) is 0 Å². The van der Waals surface area contributed by atoms with E-state index in [1.807, 2.05) is 26.2 Å². The average Bonchev–Trinajstić information content (AvgIpc) is 3.48. The van der Waals surface area contributed by atoms with Crippen molar-refractivity contribution in [2.24, 2.45) is 11.5 Å². The SMILES string of the molecule is C.CNCC1OCCc2c(-c3ccccc3)cccc21.CNCC1OCCc2c(-c3ccccc3)cccc21.NCC1OCCc2c(-c3ccccc3)cccc21.NCC1OCCc2c(-c3ccccc3)cccc21. The molecule has 75 heavy (non-hydrogen) atoms. The van der Waals surface area contributed by atoms with E-state index in [0.717, 1.165) is 65.2 Å². The first-order valence-electron chi connectivity index (χ1n) is 26.4. The Hall–Kier alpha value is -6.56. The molecular formula is C67H76N4O4. The smallest absolute Gasteiger partial charge is 0.0952 e. The topological polar surface area (TPSA) is 113 Å². The number of benzene rings is 8. The van der Waals surface area contributed by atoms with Gasteiger partial charge in [0.2, 0.25) is 0 Å². The van der Waals surface area contributed by atoms with Crippen LogP contribution in [0.2, 0.25) is 0 Å². The van der Waals surface area contributed by atoms with E-state index in [1.165, 1.54) is 89.0 Å². The van der Waals surface area contributed by atoms with Gasteiger partial charge in [-0.15, -0.1) is 0 Å². The zero-order valence-electron chi connectivity index (χ0n) is 43.1. The van der Waals surface area contributed by atoms with Gasteiger partial charge >= 0.3 is 0 Å². The maximum atomic E-state index is 5.87. The fourth-order valence-corrected chi connectivity index (χ4v) is 11.0. The quantitative estimate of drug-likeness (QED) is 0.107. The molecule has 8 aromatic rings. The molecule has 4 aliphatic heterocycles. The lowest BCUT2D eigenvalue weighted by molar-refractivity contribution is 0.0439. The molecule has 8 heteroatoms. The standard InChI is InChI=1S/2C17H19NO.2C16H17NO.CH4/c2*1-18-12-17-16-9-5-8-14(15(16)10-11-19-17)13-6-3-2-4-7-13;2*17-11-16-15-8-4-7-13(14(15)9-10-18-16)12-5-2-1-3-6-12;/h2*2-9,17-18H,10-12H2,1H3;2*1-8,16H,9-11,17H2;1H4. The first-order chi connectivity index (χ1) is 36.6. The van der Waals surface area contributed by atoms with Crippen molar-refractivity contribution < 1.29 is 18.9 Å². The molecule has 4 atom stereocenters. The van der Waals surface area contributed by atoms with Crippen molar-refractivity contribution in [3.63, 3.8) is 0 Å². The number of ether oxygens (including phenoxy) is 4. The van der Waals surface area contributed by atoms with Gasteiger partial charge in [-0.2, -0.15) is 0 Å². The van der Waals surface area contributed by atoms with Crippen LogP contribution >= 0.6 is 0 Å². The Morgan fingerprint density at radius 2 is 0.573 bits per heavy atom. The van der Waals surface area contributed by atoms with Crippen LogP contribution in [-0.2, 0) is 44.6 Å². The molecule has 8 nitrogen and oxygen atoms in total. The van der Waals surface area contributed by atoms with Crippen LogP contribution < -0.4 is 22.1 Å². The van der Waals surface area contributed by atoms with Crippen molar-refractivity contribution in [2.75, 3.05) is 66.7 Å². The third-order valence-corrected chi connectivity index (χ3v) is 14.5. The predicted molar refractivity (Wildman–Crippen MR) is 310 cm³/mol. The minimum atomic E-state index is 0. The van der Waals surface area contributed by atoms with Gasteiger partial charge in [-0.3, -0.25) is 0 Å². The van der Waals surface area contributed by atoms with E-state index >= 15 is 0 Å². The molecule has 0 radical (unpaired) electrons. The highest BCUT2D eigenvalue weighted by atomic mass is 16.5. The number of likely N-dealkylation sites (N-methyl/N-ethyl adjacent to an activating group) is 2. The Labute approximate surface area is 446 Å². The zero-order valence-corrected chi connectivity index (χ0v) is 43.1. The molecule has 0 fully saturated rings. The van der Waals surface area contributed by atoms with Crippen LogP contribution in [0.3, 0.4) is 0 Å². The molecule has 388 valence electrons. The zero-order chi connectivity index (χ0) is 50.9. The summed E-state index contributed by atoms with van der Waals surface area (Å²) in [6.07, 6.45) is 4.40. The lowest BCUT2D eigenvalue weighted by atomic mass is 9.89. The van der Waals surface area contributed by atoms with Gasteiger partial charge in [0.1, 0.15) is 0 Å². The second kappa shape index (κ2) is 27.8. The van der Waals surface area contributed by atoms with Gasteiger partial charge in [0.05, 0.1) is 50.8 Å². The first-order valence-corrected chi connectivity index (χ1v) is 26.4. The number of rotatable bonds is 10. The van der Waals surface area contributed by atoms with Crippen molar-refractivity contribution in [3.05, 3.63) is 239 Å². The van der Waals surface area contributed by atoms with Crippen molar-refractivity contribution in [1.82, 2.24) is 10.6 Å². The van der Waals surface area contributed by atoms with Gasteiger partial charge in [-0.1, -0.05) is 202 Å². The van der Waals surface area contributed by atoms with Crippen LogP contribution in [0.1, 0.15) is 76.4 Å². The first kappa shape index (κ1) is 54.7. The predicted octanol–water partition coefficient (Wildman–Crippen LogP) is 12.9. The van der Waals surface area contributed by atoms with Crippen LogP contribution in [0.15, 0.2) is 194 Å². The molecule has 4 unspecified atom stereocenters. The Morgan fingerprint density at radius 1 is 0.333 bits per heavy atom. The second-order valence-electron chi connectivity index (χ2n) is 19.0. The fourth-order valence-electron chi connectivity index (χ4n) is 11.0. The fraction of sp³-hybridized carbons (Fsp3) is 0.284. The summed E-state index contributed by atoms with van der Waals surface area (Å²) in [7, 11) is 3.94. The highest BCUT2D eigenvalue weighted by Crippen LogP contribution is 2.38. The molecule has 0 spiro atoms. The van der Waals surface area contributed by atoms with Crippen molar-refractivity contribution >= 4 is 0 Å². The number of nitrogens with two attached hydrogens (primary N) is 2. The van der Waals surface area contributed by atoms with Gasteiger partial charge in [0, 0.05) is 26.2 Å². The maximum absolute atomic E-state index is 5.87. The lowest BCUT2D eigenvalue weighted by Crippen LogP contribution is -2.25. The van der Waals surface area contributed by atoms with Crippen LogP contribution in [0.5, 0.6) is 0 Å². The van der Waals surface area contributed by atoms with E-state index < -0.39 is 0 Å². The molecule has 0 aromatic heterocycles. The minimum Gasteiger partial charge on any atom is -0.372 e. The molecule has 8 aromatic carbocycles.